The Bertz CT molecular complexity index is 889. The summed E-state index contributed by atoms with van der Waals surface area (Å²) in [5, 5.41) is 18.3. The van der Waals surface area contributed by atoms with Crippen molar-refractivity contribution in [3.8, 4) is 17.1 Å². The average Bonchev–Trinajstić information content (AvgIpc) is 2.76. The third kappa shape index (κ3) is 4.51. The molecule has 0 bridgehead atoms. The fourth-order valence-electron chi connectivity index (χ4n) is 3.62. The van der Waals surface area contributed by atoms with Gasteiger partial charge in [-0.15, -0.1) is 0 Å². The van der Waals surface area contributed by atoms with Gasteiger partial charge in [0.15, 0.2) is 0 Å². The molecule has 1 aromatic heterocycles. The quantitative estimate of drug-likeness (QED) is 0.768. The van der Waals surface area contributed by atoms with Crippen molar-refractivity contribution in [2.45, 2.75) is 18.9 Å². The van der Waals surface area contributed by atoms with Crippen molar-refractivity contribution in [3.63, 3.8) is 0 Å². The van der Waals surface area contributed by atoms with Crippen molar-refractivity contribution in [1.82, 2.24) is 19.8 Å². The summed E-state index contributed by atoms with van der Waals surface area (Å²) in [6.45, 7) is 2.32. The van der Waals surface area contributed by atoms with E-state index in [9.17, 15) is 14.7 Å². The number of benzene rings is 1. The van der Waals surface area contributed by atoms with Gasteiger partial charge >= 0.3 is 6.09 Å². The predicted octanol–water partition coefficient (Wildman–Crippen LogP) is 1.73. The van der Waals surface area contributed by atoms with Gasteiger partial charge in [-0.25, -0.2) is 14.8 Å². The van der Waals surface area contributed by atoms with Gasteiger partial charge in [-0.05, 0) is 30.9 Å². The summed E-state index contributed by atoms with van der Waals surface area (Å²) in [6, 6.07) is 7.14. The SMILES string of the molecule is O=C(O)N1CCC(COc2cnc(-c3ccc(C(=O)N4CC(O)C4)cc3)cn2)CC1. The van der Waals surface area contributed by atoms with Crippen molar-refractivity contribution in [2.75, 3.05) is 32.8 Å². The molecular weight excluding hydrogens is 388 g/mol. The van der Waals surface area contributed by atoms with Crippen molar-refractivity contribution >= 4 is 12.0 Å². The summed E-state index contributed by atoms with van der Waals surface area (Å²) < 4.78 is 5.73. The van der Waals surface area contributed by atoms with Crippen LogP contribution in [-0.4, -0.2) is 80.9 Å². The maximum atomic E-state index is 12.3. The Labute approximate surface area is 173 Å². The van der Waals surface area contributed by atoms with Crippen LogP contribution in [0.15, 0.2) is 36.7 Å². The maximum absolute atomic E-state index is 12.3. The number of carbonyl (C=O) groups excluding carboxylic acids is 1. The Morgan fingerprint density at radius 1 is 1.03 bits per heavy atom. The monoisotopic (exact) mass is 412 g/mol. The van der Waals surface area contributed by atoms with Crippen molar-refractivity contribution in [1.29, 1.82) is 0 Å². The molecule has 4 rings (SSSR count). The molecule has 30 heavy (non-hydrogen) atoms. The Hall–Kier alpha value is -3.20. The topological polar surface area (TPSA) is 116 Å². The van der Waals surface area contributed by atoms with E-state index in [4.69, 9.17) is 9.84 Å². The van der Waals surface area contributed by atoms with Crippen LogP contribution in [0.2, 0.25) is 0 Å². The zero-order chi connectivity index (χ0) is 21.1. The Morgan fingerprint density at radius 3 is 2.30 bits per heavy atom. The number of aliphatic hydroxyl groups is 1. The summed E-state index contributed by atoms with van der Waals surface area (Å²) in [4.78, 5) is 34.9. The van der Waals surface area contributed by atoms with Crippen LogP contribution in [0.25, 0.3) is 11.3 Å². The Morgan fingerprint density at radius 2 is 1.73 bits per heavy atom. The molecule has 0 saturated carbocycles. The van der Waals surface area contributed by atoms with E-state index in [-0.39, 0.29) is 5.91 Å². The standard InChI is InChI=1S/C21H24N4O5/c26-17-11-25(12-17)20(27)16-3-1-15(2-4-16)18-9-23-19(10-22-18)30-13-14-5-7-24(8-6-14)21(28)29/h1-4,9-10,14,17,26H,5-8,11-13H2,(H,28,29). The minimum absolute atomic E-state index is 0.0872. The van der Waals surface area contributed by atoms with Crippen molar-refractivity contribution in [2.24, 2.45) is 5.92 Å². The highest BCUT2D eigenvalue weighted by atomic mass is 16.5. The van der Waals surface area contributed by atoms with Crippen LogP contribution in [0.1, 0.15) is 23.2 Å². The third-order valence-electron chi connectivity index (χ3n) is 5.56. The van der Waals surface area contributed by atoms with Crippen molar-refractivity contribution in [3.05, 3.63) is 42.2 Å². The molecule has 2 aromatic rings. The largest absolute Gasteiger partial charge is 0.476 e. The van der Waals surface area contributed by atoms with Gasteiger partial charge in [0.05, 0.1) is 30.8 Å². The number of β-amino-alcohol motifs (C(OH)–C–C–N with tert-alkyl or cyclic N) is 1. The number of ether oxygens (including phenoxy) is 1. The van der Waals surface area contributed by atoms with Gasteiger partial charge in [-0.1, -0.05) is 12.1 Å². The van der Waals surface area contributed by atoms with Crippen LogP contribution in [0, 0.1) is 5.92 Å². The number of amides is 2. The van der Waals surface area contributed by atoms with E-state index in [1.807, 2.05) is 12.1 Å². The number of carbonyl (C=O) groups is 2. The molecule has 9 heteroatoms. The second-order valence-electron chi connectivity index (χ2n) is 7.71. The molecule has 3 heterocycles. The van der Waals surface area contributed by atoms with Crippen molar-refractivity contribution < 1.29 is 24.5 Å². The molecule has 2 N–H and O–H groups in total. The molecule has 1 aromatic carbocycles. The van der Waals surface area contributed by atoms with E-state index < -0.39 is 12.2 Å². The van der Waals surface area contributed by atoms with E-state index in [1.54, 1.807) is 29.4 Å². The van der Waals surface area contributed by atoms with Crippen LogP contribution >= 0.6 is 0 Å². The van der Waals surface area contributed by atoms with Gasteiger partial charge < -0.3 is 24.7 Å². The smallest absolute Gasteiger partial charge is 0.407 e. The molecule has 2 aliphatic heterocycles. The molecule has 2 fully saturated rings. The number of aromatic nitrogens is 2. The average molecular weight is 412 g/mol. The normalized spacial score (nSPS) is 17.5. The number of hydrogen-bond donors (Lipinski definition) is 2. The maximum Gasteiger partial charge on any atom is 0.407 e. The Balaban J connectivity index is 1.29. The Kier molecular flexibility index (Phi) is 5.80. The number of aliphatic hydroxyl groups excluding tert-OH is 1. The van der Waals surface area contributed by atoms with Crippen LogP contribution in [0.5, 0.6) is 5.88 Å². The zero-order valence-corrected chi connectivity index (χ0v) is 16.5. The van der Waals surface area contributed by atoms with E-state index in [1.165, 1.54) is 4.90 Å². The van der Waals surface area contributed by atoms with Crippen LogP contribution < -0.4 is 4.74 Å². The third-order valence-corrected chi connectivity index (χ3v) is 5.56. The van der Waals surface area contributed by atoms with Gasteiger partial charge in [0.25, 0.3) is 5.91 Å². The molecule has 0 unspecified atom stereocenters. The van der Waals surface area contributed by atoms with E-state index in [2.05, 4.69) is 9.97 Å². The van der Waals surface area contributed by atoms with E-state index in [0.29, 0.717) is 55.8 Å². The molecule has 158 valence electrons. The first-order valence-corrected chi connectivity index (χ1v) is 10.00. The molecule has 2 aliphatic rings. The number of nitrogens with zero attached hydrogens (tertiary/aromatic N) is 4. The predicted molar refractivity (Wildman–Crippen MR) is 107 cm³/mol. The minimum Gasteiger partial charge on any atom is -0.476 e. The molecule has 9 nitrogen and oxygen atoms in total. The highest BCUT2D eigenvalue weighted by Gasteiger charge is 2.29. The second kappa shape index (κ2) is 8.66. The highest BCUT2D eigenvalue weighted by Crippen LogP contribution is 2.22. The zero-order valence-electron chi connectivity index (χ0n) is 16.5. The molecule has 2 amide bonds. The lowest BCUT2D eigenvalue weighted by molar-refractivity contribution is 0.00589. The summed E-state index contributed by atoms with van der Waals surface area (Å²) in [7, 11) is 0. The highest BCUT2D eigenvalue weighted by molar-refractivity contribution is 5.95. The van der Waals surface area contributed by atoms with Crippen LogP contribution in [0.3, 0.4) is 0 Å². The lowest BCUT2D eigenvalue weighted by Crippen LogP contribution is -2.53. The first-order valence-electron chi connectivity index (χ1n) is 10.00. The summed E-state index contributed by atoms with van der Waals surface area (Å²) in [5.74, 6) is 0.651. The second-order valence-corrected chi connectivity index (χ2v) is 7.71. The fraction of sp³-hybridized carbons (Fsp3) is 0.429. The minimum atomic E-state index is -0.868. The molecule has 2 saturated heterocycles. The number of carboxylic acid groups (broad SMARTS) is 1. The van der Waals surface area contributed by atoms with Crippen LogP contribution in [0.4, 0.5) is 4.79 Å². The van der Waals surface area contributed by atoms with Gasteiger partial charge in [-0.2, -0.15) is 0 Å². The summed E-state index contributed by atoms with van der Waals surface area (Å²) in [5.41, 5.74) is 2.10. The molecular formula is C21H24N4O5. The summed E-state index contributed by atoms with van der Waals surface area (Å²) >= 11 is 0. The first kappa shape index (κ1) is 20.1. The fourth-order valence-corrected chi connectivity index (χ4v) is 3.62. The number of rotatable bonds is 5. The lowest BCUT2D eigenvalue weighted by atomic mass is 9.98. The number of piperidine rings is 1. The van der Waals surface area contributed by atoms with Gasteiger partial charge in [0, 0.05) is 37.3 Å². The lowest BCUT2D eigenvalue weighted by Gasteiger charge is -2.35. The van der Waals surface area contributed by atoms with E-state index >= 15 is 0 Å². The number of likely N-dealkylation sites (tertiary alicyclic amines) is 2. The molecule has 0 radical (unpaired) electrons. The van der Waals surface area contributed by atoms with Gasteiger partial charge in [0.2, 0.25) is 5.88 Å². The number of hydrogen-bond acceptors (Lipinski definition) is 6. The van der Waals surface area contributed by atoms with Gasteiger partial charge in [0.1, 0.15) is 0 Å². The van der Waals surface area contributed by atoms with Crippen LogP contribution in [-0.2, 0) is 0 Å². The molecule has 0 atom stereocenters. The van der Waals surface area contributed by atoms with Gasteiger partial charge in [-0.3, -0.25) is 4.79 Å². The molecule has 0 spiro atoms. The first-order chi connectivity index (χ1) is 14.5. The van der Waals surface area contributed by atoms with E-state index in [0.717, 1.165) is 18.4 Å². The summed E-state index contributed by atoms with van der Waals surface area (Å²) in [6.07, 6.45) is 3.47. The molecule has 0 aliphatic carbocycles.